The van der Waals surface area contributed by atoms with Crippen LogP contribution in [0.5, 0.6) is 0 Å². The molecule has 0 bridgehead atoms. The third-order valence-electron chi connectivity index (χ3n) is 2.70. The second kappa shape index (κ2) is 5.51. The number of carbonyl (C=O) groups excluding carboxylic acids is 1. The van der Waals surface area contributed by atoms with E-state index in [1.54, 1.807) is 30.3 Å². The first-order valence-electron chi connectivity index (χ1n) is 5.60. The highest BCUT2D eigenvalue weighted by molar-refractivity contribution is 6.31. The van der Waals surface area contributed by atoms with Crippen LogP contribution in [0, 0.1) is 6.92 Å². The Balaban J connectivity index is 2.28. The number of halogens is 2. The number of benzene rings is 2. The fraction of sp³-hybridized carbons (Fsp3) is 0.0714. The minimum absolute atomic E-state index is 0.301. The van der Waals surface area contributed by atoms with Gasteiger partial charge in [0.2, 0.25) is 0 Å². The summed E-state index contributed by atoms with van der Waals surface area (Å²) in [5, 5.41) is 3.87. The zero-order chi connectivity index (χ0) is 14.0. The SMILES string of the molecule is Cc1cc(Cl)ccc1NC(=O)c1cc(Cl)ccc1N. The summed E-state index contributed by atoms with van der Waals surface area (Å²) < 4.78 is 0. The van der Waals surface area contributed by atoms with Crippen molar-refractivity contribution in [3.63, 3.8) is 0 Å². The average molecular weight is 295 g/mol. The van der Waals surface area contributed by atoms with Gasteiger partial charge in [-0.25, -0.2) is 0 Å². The lowest BCUT2D eigenvalue weighted by atomic mass is 10.1. The Kier molecular flexibility index (Phi) is 3.98. The van der Waals surface area contributed by atoms with Crippen molar-refractivity contribution in [1.29, 1.82) is 0 Å². The van der Waals surface area contributed by atoms with Crippen molar-refractivity contribution in [2.24, 2.45) is 0 Å². The molecule has 2 rings (SSSR count). The van der Waals surface area contributed by atoms with Crippen LogP contribution in [0.3, 0.4) is 0 Å². The Bertz CT molecular complexity index is 641. The molecule has 3 N–H and O–H groups in total. The number of hydrogen-bond acceptors (Lipinski definition) is 2. The molecule has 0 radical (unpaired) electrons. The molecule has 0 aromatic heterocycles. The van der Waals surface area contributed by atoms with Gasteiger partial charge in [-0.3, -0.25) is 4.79 Å². The molecule has 3 nitrogen and oxygen atoms in total. The first-order chi connectivity index (χ1) is 8.97. The summed E-state index contributed by atoms with van der Waals surface area (Å²) in [6.45, 7) is 1.86. The van der Waals surface area contributed by atoms with Crippen molar-refractivity contribution in [1.82, 2.24) is 0 Å². The van der Waals surface area contributed by atoms with Gasteiger partial charge in [0, 0.05) is 21.4 Å². The molecule has 0 aliphatic carbocycles. The molecule has 0 unspecified atom stereocenters. The van der Waals surface area contributed by atoms with Crippen LogP contribution in [0.15, 0.2) is 36.4 Å². The summed E-state index contributed by atoms with van der Waals surface area (Å²) in [5.74, 6) is -0.301. The molecule has 0 spiro atoms. The summed E-state index contributed by atoms with van der Waals surface area (Å²) in [5.41, 5.74) is 8.06. The van der Waals surface area contributed by atoms with Crippen LogP contribution in [0.1, 0.15) is 15.9 Å². The third kappa shape index (κ3) is 3.19. The van der Waals surface area contributed by atoms with E-state index in [1.807, 2.05) is 6.92 Å². The van der Waals surface area contributed by atoms with Gasteiger partial charge in [0.1, 0.15) is 0 Å². The van der Waals surface area contributed by atoms with Gasteiger partial charge in [-0.2, -0.15) is 0 Å². The lowest BCUT2D eigenvalue weighted by Crippen LogP contribution is -2.14. The van der Waals surface area contributed by atoms with Crippen LogP contribution in [0.2, 0.25) is 10.0 Å². The number of nitrogens with one attached hydrogen (secondary N) is 1. The van der Waals surface area contributed by atoms with E-state index in [1.165, 1.54) is 6.07 Å². The fourth-order valence-electron chi connectivity index (χ4n) is 1.68. The summed E-state index contributed by atoms with van der Waals surface area (Å²) in [6, 6.07) is 10.0. The van der Waals surface area contributed by atoms with Crippen LogP contribution in [-0.4, -0.2) is 5.91 Å². The minimum Gasteiger partial charge on any atom is -0.398 e. The molecule has 98 valence electrons. The number of nitrogen functional groups attached to an aromatic ring is 1. The Morgan fingerprint density at radius 1 is 1.11 bits per heavy atom. The number of hydrogen-bond donors (Lipinski definition) is 2. The van der Waals surface area contributed by atoms with E-state index >= 15 is 0 Å². The summed E-state index contributed by atoms with van der Waals surface area (Å²) >= 11 is 11.7. The fourth-order valence-corrected chi connectivity index (χ4v) is 2.08. The van der Waals surface area contributed by atoms with Crippen molar-refractivity contribution in [2.45, 2.75) is 6.92 Å². The van der Waals surface area contributed by atoms with Gasteiger partial charge >= 0.3 is 0 Å². The van der Waals surface area contributed by atoms with Gasteiger partial charge in [0.05, 0.1) is 5.56 Å². The predicted octanol–water partition coefficient (Wildman–Crippen LogP) is 4.14. The van der Waals surface area contributed by atoms with Gasteiger partial charge in [0.25, 0.3) is 5.91 Å². The van der Waals surface area contributed by atoms with Crippen LogP contribution in [0.4, 0.5) is 11.4 Å². The summed E-state index contributed by atoms with van der Waals surface area (Å²) in [4.78, 5) is 12.1. The zero-order valence-electron chi connectivity index (χ0n) is 10.2. The number of carbonyl (C=O) groups is 1. The topological polar surface area (TPSA) is 55.1 Å². The molecule has 1 amide bonds. The van der Waals surface area contributed by atoms with E-state index in [9.17, 15) is 4.79 Å². The van der Waals surface area contributed by atoms with E-state index in [-0.39, 0.29) is 5.91 Å². The van der Waals surface area contributed by atoms with Gasteiger partial charge in [0.15, 0.2) is 0 Å². The standard InChI is InChI=1S/C14H12Cl2N2O/c1-8-6-9(15)3-5-13(8)18-14(19)11-7-10(16)2-4-12(11)17/h2-7H,17H2,1H3,(H,18,19). The summed E-state index contributed by atoms with van der Waals surface area (Å²) in [6.07, 6.45) is 0. The predicted molar refractivity (Wildman–Crippen MR) is 80.0 cm³/mol. The normalized spacial score (nSPS) is 10.3. The van der Waals surface area contributed by atoms with E-state index in [0.29, 0.717) is 27.0 Å². The van der Waals surface area contributed by atoms with E-state index in [4.69, 9.17) is 28.9 Å². The van der Waals surface area contributed by atoms with Gasteiger partial charge < -0.3 is 11.1 Å². The van der Waals surface area contributed by atoms with Crippen molar-refractivity contribution in [2.75, 3.05) is 11.1 Å². The molecule has 0 heterocycles. The molecular weight excluding hydrogens is 283 g/mol. The number of anilines is 2. The van der Waals surface area contributed by atoms with Gasteiger partial charge in [-0.05, 0) is 48.9 Å². The van der Waals surface area contributed by atoms with Crippen molar-refractivity contribution in [3.8, 4) is 0 Å². The second-order valence-corrected chi connectivity index (χ2v) is 5.02. The highest BCUT2D eigenvalue weighted by Crippen LogP contribution is 2.22. The molecule has 0 saturated heterocycles. The zero-order valence-corrected chi connectivity index (χ0v) is 11.7. The maximum atomic E-state index is 12.1. The smallest absolute Gasteiger partial charge is 0.257 e. The largest absolute Gasteiger partial charge is 0.398 e. The number of aryl methyl sites for hydroxylation is 1. The first-order valence-corrected chi connectivity index (χ1v) is 6.35. The van der Waals surface area contributed by atoms with Crippen molar-refractivity contribution >= 4 is 40.5 Å². The molecule has 0 atom stereocenters. The van der Waals surface area contributed by atoms with Gasteiger partial charge in [-0.15, -0.1) is 0 Å². The lowest BCUT2D eigenvalue weighted by Gasteiger charge is -2.10. The van der Waals surface area contributed by atoms with Gasteiger partial charge in [-0.1, -0.05) is 23.2 Å². The molecule has 0 aliphatic heterocycles. The quantitative estimate of drug-likeness (QED) is 0.818. The van der Waals surface area contributed by atoms with Crippen molar-refractivity contribution < 1.29 is 4.79 Å². The molecule has 19 heavy (non-hydrogen) atoms. The van der Waals surface area contributed by atoms with Crippen LogP contribution < -0.4 is 11.1 Å². The number of rotatable bonds is 2. The van der Waals surface area contributed by atoms with E-state index in [0.717, 1.165) is 5.56 Å². The second-order valence-electron chi connectivity index (χ2n) is 4.14. The average Bonchev–Trinajstić information content (AvgIpc) is 2.35. The molecular formula is C14H12Cl2N2O. The Hall–Kier alpha value is -1.71. The highest BCUT2D eigenvalue weighted by atomic mass is 35.5. The Morgan fingerprint density at radius 3 is 2.42 bits per heavy atom. The van der Waals surface area contributed by atoms with Crippen molar-refractivity contribution in [3.05, 3.63) is 57.6 Å². The van der Waals surface area contributed by atoms with E-state index < -0.39 is 0 Å². The monoisotopic (exact) mass is 294 g/mol. The first kappa shape index (κ1) is 13.7. The summed E-state index contributed by atoms with van der Waals surface area (Å²) in [7, 11) is 0. The number of amides is 1. The molecule has 2 aromatic carbocycles. The Labute approximate surface area is 121 Å². The van der Waals surface area contributed by atoms with Crippen LogP contribution in [0.25, 0.3) is 0 Å². The maximum Gasteiger partial charge on any atom is 0.257 e. The van der Waals surface area contributed by atoms with E-state index in [2.05, 4.69) is 5.32 Å². The Morgan fingerprint density at radius 2 is 1.74 bits per heavy atom. The maximum absolute atomic E-state index is 12.1. The van der Waals surface area contributed by atoms with Crippen LogP contribution >= 0.6 is 23.2 Å². The molecule has 5 heteroatoms. The molecule has 0 aliphatic rings. The molecule has 0 saturated carbocycles. The molecule has 0 fully saturated rings. The van der Waals surface area contributed by atoms with Crippen LogP contribution in [-0.2, 0) is 0 Å². The third-order valence-corrected chi connectivity index (χ3v) is 3.17. The number of nitrogens with two attached hydrogens (primary N) is 1. The highest BCUT2D eigenvalue weighted by Gasteiger charge is 2.11. The molecule has 2 aromatic rings. The minimum atomic E-state index is -0.301. The lowest BCUT2D eigenvalue weighted by molar-refractivity contribution is 0.102.